The zero-order valence-electron chi connectivity index (χ0n) is 18.2. The van der Waals surface area contributed by atoms with Gasteiger partial charge in [0.25, 0.3) is 5.91 Å². The molecule has 2 N–H and O–H groups in total. The molecule has 1 unspecified atom stereocenters. The number of nitrogens with one attached hydrogen (secondary N) is 1. The molecule has 1 aliphatic rings. The lowest BCUT2D eigenvalue weighted by Gasteiger charge is -2.38. The van der Waals surface area contributed by atoms with Crippen LogP contribution in [0, 0.1) is 11.6 Å². The second-order valence-corrected chi connectivity index (χ2v) is 8.83. The van der Waals surface area contributed by atoms with Crippen LogP contribution in [0.15, 0.2) is 41.1 Å². The van der Waals surface area contributed by atoms with Crippen molar-refractivity contribution >= 4 is 39.1 Å². The lowest BCUT2D eigenvalue weighted by Crippen LogP contribution is -2.53. The quantitative estimate of drug-likeness (QED) is 0.436. The van der Waals surface area contributed by atoms with Crippen molar-refractivity contribution in [2.45, 2.75) is 24.7 Å². The number of alkyl halides is 3. The molecule has 192 valence electrons. The summed E-state index contributed by atoms with van der Waals surface area (Å²) < 4.78 is 76.8. The Morgan fingerprint density at radius 1 is 1.25 bits per heavy atom. The maximum atomic E-state index is 14.8. The third-order valence-electron chi connectivity index (χ3n) is 5.69. The third-order valence-corrected chi connectivity index (χ3v) is 6.31. The number of aliphatic carboxylic acids is 1. The van der Waals surface area contributed by atoms with Crippen LogP contribution < -0.4 is 10.2 Å². The molecule has 2 atom stereocenters. The summed E-state index contributed by atoms with van der Waals surface area (Å²) in [4.78, 5) is 29.4. The van der Waals surface area contributed by atoms with Crippen molar-refractivity contribution in [3.8, 4) is 0 Å². The van der Waals surface area contributed by atoms with Crippen LogP contribution in [0.1, 0.15) is 16.1 Å². The van der Waals surface area contributed by atoms with E-state index in [0.29, 0.717) is 27.9 Å². The second kappa shape index (κ2) is 10.0. The zero-order valence-corrected chi connectivity index (χ0v) is 19.8. The number of imidazole rings is 1. The van der Waals surface area contributed by atoms with Gasteiger partial charge in [-0.15, -0.1) is 0 Å². The van der Waals surface area contributed by atoms with Crippen LogP contribution in [-0.2, 0) is 16.0 Å². The minimum absolute atomic E-state index is 0.0847. The van der Waals surface area contributed by atoms with E-state index in [2.05, 4.69) is 26.2 Å². The molecular weight excluding hydrogens is 559 g/mol. The summed E-state index contributed by atoms with van der Waals surface area (Å²) in [5.74, 6) is -5.69. The fourth-order valence-electron chi connectivity index (χ4n) is 3.97. The van der Waals surface area contributed by atoms with Gasteiger partial charge in [0.1, 0.15) is 29.3 Å². The first kappa shape index (κ1) is 25.8. The maximum absolute atomic E-state index is 14.8. The van der Waals surface area contributed by atoms with Gasteiger partial charge in [0.05, 0.1) is 17.7 Å². The zero-order chi connectivity index (χ0) is 26.2. The van der Waals surface area contributed by atoms with Crippen molar-refractivity contribution in [1.82, 2.24) is 14.7 Å². The van der Waals surface area contributed by atoms with E-state index in [1.54, 1.807) is 22.7 Å². The number of hydrogen-bond acceptors (Lipinski definition) is 5. The molecule has 0 aliphatic carbocycles. The minimum atomic E-state index is -4.72. The highest BCUT2D eigenvalue weighted by Gasteiger charge is 2.45. The third kappa shape index (κ3) is 5.14. The minimum Gasteiger partial charge on any atom is -0.480 e. The highest BCUT2D eigenvalue weighted by Crippen LogP contribution is 2.32. The predicted octanol–water partition coefficient (Wildman–Crippen LogP) is 3.57. The van der Waals surface area contributed by atoms with Crippen LogP contribution in [0.2, 0.25) is 0 Å². The number of carboxylic acid groups (broad SMARTS) is 1. The number of pyridine rings is 1. The predicted molar refractivity (Wildman–Crippen MR) is 120 cm³/mol. The van der Waals surface area contributed by atoms with E-state index in [4.69, 9.17) is 4.74 Å². The lowest BCUT2D eigenvalue weighted by molar-refractivity contribution is -0.167. The molecule has 0 spiro atoms. The molecule has 14 heteroatoms. The fraction of sp³-hybridized carbons (Fsp3) is 0.318. The summed E-state index contributed by atoms with van der Waals surface area (Å²) in [6.45, 7) is -1.07. The molecule has 1 aromatic carbocycles. The van der Waals surface area contributed by atoms with Crippen LogP contribution >= 0.6 is 15.9 Å². The summed E-state index contributed by atoms with van der Waals surface area (Å²) in [5.41, 5.74) is -0.583. The Kier molecular flexibility index (Phi) is 7.18. The Labute approximate surface area is 208 Å². The number of nitrogens with zero attached hydrogens (tertiary/aromatic N) is 3. The number of amides is 1. The number of anilines is 1. The highest BCUT2D eigenvalue weighted by molar-refractivity contribution is 9.10. The number of ether oxygens (including phenoxy) is 1. The smallest absolute Gasteiger partial charge is 0.411 e. The monoisotopic (exact) mass is 576 g/mol. The summed E-state index contributed by atoms with van der Waals surface area (Å²) in [6.07, 6.45) is -1.90. The normalized spacial score (nSPS) is 17.3. The number of fused-ring (bicyclic) bond motifs is 1. The van der Waals surface area contributed by atoms with Crippen molar-refractivity contribution in [3.63, 3.8) is 0 Å². The molecule has 0 radical (unpaired) electrons. The van der Waals surface area contributed by atoms with Crippen LogP contribution in [-0.4, -0.2) is 64.4 Å². The van der Waals surface area contributed by atoms with Crippen LogP contribution in [0.5, 0.6) is 0 Å². The van der Waals surface area contributed by atoms with Crippen LogP contribution in [0.25, 0.3) is 5.65 Å². The average Bonchev–Trinajstić information content (AvgIpc) is 3.30. The number of carboxylic acids is 1. The van der Waals surface area contributed by atoms with Gasteiger partial charge in [-0.05, 0) is 40.2 Å². The molecule has 1 amide bonds. The number of carbonyl (C=O) groups excluding carboxylic acids is 1. The Hall–Kier alpha value is -3.26. The van der Waals surface area contributed by atoms with Crippen molar-refractivity contribution in [2.24, 2.45) is 0 Å². The second-order valence-electron chi connectivity index (χ2n) is 7.97. The molecular formula is C22H18BrF5N4O4. The number of halogens is 6. The summed E-state index contributed by atoms with van der Waals surface area (Å²) in [5, 5.41) is 11.7. The standard InChI is InChI=1S/C22H18BrF5N4O4/c23-13-2-1-11(32-4-3-29-19(13)32)9-16(21(34)35)30-20(33)18-14(24)7-12(8-15(18)25)31-5-6-36-10-17(31)22(26,27)28/h1-4,7-8,16-17H,5-6,9-10H2,(H,30,33)(H,34,35)/t16?,17-/m1/s1. The SMILES string of the molecule is O=C(NC(Cc1ccc(Br)c2nccn12)C(=O)O)c1c(F)cc(N2CCOC[C@@H]2C(F)(F)F)cc1F. The van der Waals surface area contributed by atoms with Gasteiger partial charge >= 0.3 is 12.1 Å². The van der Waals surface area contributed by atoms with Crippen molar-refractivity contribution in [1.29, 1.82) is 0 Å². The van der Waals surface area contributed by atoms with Crippen LogP contribution in [0.3, 0.4) is 0 Å². The van der Waals surface area contributed by atoms with E-state index in [9.17, 15) is 36.6 Å². The topological polar surface area (TPSA) is 96.2 Å². The van der Waals surface area contributed by atoms with Gasteiger partial charge in [0, 0.05) is 36.7 Å². The Bertz CT molecular complexity index is 1290. The fourth-order valence-corrected chi connectivity index (χ4v) is 4.39. The van der Waals surface area contributed by atoms with Gasteiger partial charge in [0.2, 0.25) is 0 Å². The molecule has 3 aromatic rings. The van der Waals surface area contributed by atoms with E-state index in [1.807, 2.05) is 0 Å². The van der Waals surface area contributed by atoms with Crippen molar-refractivity contribution in [2.75, 3.05) is 24.7 Å². The molecule has 0 bridgehead atoms. The largest absolute Gasteiger partial charge is 0.480 e. The van der Waals surface area contributed by atoms with Gasteiger partial charge in [-0.3, -0.25) is 4.79 Å². The maximum Gasteiger partial charge on any atom is 0.411 e. The molecule has 4 rings (SSSR count). The van der Waals surface area contributed by atoms with E-state index >= 15 is 0 Å². The van der Waals surface area contributed by atoms with Gasteiger partial charge in [-0.1, -0.05) is 0 Å². The van der Waals surface area contributed by atoms with Gasteiger partial charge in [0.15, 0.2) is 5.65 Å². The van der Waals surface area contributed by atoms with Crippen molar-refractivity contribution in [3.05, 3.63) is 64.0 Å². The number of benzene rings is 1. The molecule has 8 nitrogen and oxygen atoms in total. The number of morpholine rings is 1. The van der Waals surface area contributed by atoms with E-state index in [-0.39, 0.29) is 19.6 Å². The molecule has 36 heavy (non-hydrogen) atoms. The molecule has 2 aromatic heterocycles. The van der Waals surface area contributed by atoms with Gasteiger partial charge in [-0.2, -0.15) is 13.2 Å². The lowest BCUT2D eigenvalue weighted by atomic mass is 10.1. The summed E-state index contributed by atoms with van der Waals surface area (Å²) in [7, 11) is 0. The van der Waals surface area contributed by atoms with Crippen molar-refractivity contribution < 1.29 is 41.4 Å². The molecule has 1 aliphatic heterocycles. The first-order chi connectivity index (χ1) is 17.0. The van der Waals surface area contributed by atoms with Gasteiger partial charge in [-0.25, -0.2) is 18.6 Å². The van der Waals surface area contributed by atoms with Crippen LogP contribution in [0.4, 0.5) is 27.6 Å². The number of aromatic nitrogens is 2. The molecule has 1 saturated heterocycles. The summed E-state index contributed by atoms with van der Waals surface area (Å²) in [6, 6.07) is 0.763. The highest BCUT2D eigenvalue weighted by atomic mass is 79.9. The average molecular weight is 577 g/mol. The Balaban J connectivity index is 1.58. The molecule has 3 heterocycles. The number of hydrogen-bond donors (Lipinski definition) is 2. The number of carbonyl (C=O) groups is 2. The Morgan fingerprint density at radius 3 is 2.58 bits per heavy atom. The molecule has 0 saturated carbocycles. The first-order valence-corrected chi connectivity index (χ1v) is 11.3. The summed E-state index contributed by atoms with van der Waals surface area (Å²) >= 11 is 3.32. The van der Waals surface area contributed by atoms with E-state index in [1.165, 1.54) is 6.20 Å². The van der Waals surface area contributed by atoms with E-state index < -0.39 is 59.6 Å². The number of rotatable bonds is 6. The Morgan fingerprint density at radius 2 is 1.94 bits per heavy atom. The van der Waals surface area contributed by atoms with E-state index in [0.717, 1.165) is 4.90 Å². The first-order valence-electron chi connectivity index (χ1n) is 10.5. The van der Waals surface area contributed by atoms with Gasteiger partial charge < -0.3 is 24.5 Å². The molecule has 1 fully saturated rings.